The van der Waals surface area contributed by atoms with Crippen LogP contribution in [-0.4, -0.2) is 35.4 Å². The molecule has 1 fully saturated rings. The van der Waals surface area contributed by atoms with Crippen LogP contribution in [0.25, 0.3) is 6.08 Å². The van der Waals surface area contributed by atoms with Gasteiger partial charge in [0.25, 0.3) is 11.8 Å². The van der Waals surface area contributed by atoms with E-state index in [2.05, 4.69) is 37.3 Å². The number of carbonyl (C=O) groups excluding carboxylic acids is 2. The fraction of sp³-hybridized carbons (Fsp3) is 0.115. The van der Waals surface area contributed by atoms with Gasteiger partial charge in [0.2, 0.25) is 0 Å². The lowest BCUT2D eigenvalue weighted by Crippen LogP contribution is -2.44. The number of hydrogen-bond acceptors (Lipinski definition) is 7. The topological polar surface area (TPSA) is 77.1 Å². The normalized spacial score (nSPS) is 14.2. The molecule has 0 bridgehead atoms. The smallest absolute Gasteiger partial charge is 0.285 e. The van der Waals surface area contributed by atoms with Crippen LogP contribution in [0, 0.1) is 0 Å². The zero-order valence-electron chi connectivity index (χ0n) is 19.6. The van der Waals surface area contributed by atoms with E-state index in [0.29, 0.717) is 44.4 Å². The van der Waals surface area contributed by atoms with Crippen molar-refractivity contribution in [2.45, 2.75) is 6.61 Å². The number of thiocarbonyl (C=S) groups is 1. The summed E-state index contributed by atoms with van der Waals surface area (Å²) in [5.41, 5.74) is 4.64. The lowest BCUT2D eigenvalue weighted by atomic mass is 10.1. The first kappa shape index (κ1) is 27.2. The second-order valence-electron chi connectivity index (χ2n) is 7.64. The number of nitrogens with zero attached hydrogens (tertiary/aromatic N) is 1. The summed E-state index contributed by atoms with van der Waals surface area (Å²) in [7, 11) is 3.09. The minimum atomic E-state index is -0.461. The van der Waals surface area contributed by atoms with E-state index in [4.69, 9.17) is 26.4 Å². The molecule has 0 aromatic heterocycles. The summed E-state index contributed by atoms with van der Waals surface area (Å²) in [4.78, 5) is 26.0. The summed E-state index contributed by atoms with van der Waals surface area (Å²) in [5, 5.41) is 1.07. The van der Waals surface area contributed by atoms with Crippen molar-refractivity contribution in [1.29, 1.82) is 0 Å². The van der Waals surface area contributed by atoms with Crippen molar-refractivity contribution in [3.8, 4) is 17.2 Å². The summed E-state index contributed by atoms with van der Waals surface area (Å²) >= 11 is 13.4. The second kappa shape index (κ2) is 12.1. The van der Waals surface area contributed by atoms with E-state index in [1.807, 2.05) is 30.3 Å². The van der Waals surface area contributed by atoms with Crippen molar-refractivity contribution >= 4 is 78.1 Å². The summed E-state index contributed by atoms with van der Waals surface area (Å²) in [6.45, 7) is 0.355. The molecule has 0 radical (unpaired) electrons. The van der Waals surface area contributed by atoms with E-state index < -0.39 is 11.8 Å². The molecule has 0 atom stereocenters. The molecule has 11 heteroatoms. The standard InChI is InChI=1S/C26H20Br2N2O5S2/c1-33-19-9-5-17(6-10-19)24(31)29-30-25(32)22(37-26(30)36)13-16-11-20(28)23(21(12-16)34-2)35-14-15-3-7-18(27)8-4-15/h3-13H,14H2,1-2H3,(H,29,31)/b22-13+. The quantitative estimate of drug-likeness (QED) is 0.222. The third-order valence-corrected chi connectivity index (χ3v) is 7.63. The highest BCUT2D eigenvalue weighted by molar-refractivity contribution is 9.10. The van der Waals surface area contributed by atoms with Gasteiger partial charge in [0.05, 0.1) is 23.6 Å². The molecule has 0 spiro atoms. The van der Waals surface area contributed by atoms with E-state index in [1.54, 1.807) is 50.6 Å². The van der Waals surface area contributed by atoms with Gasteiger partial charge in [-0.2, -0.15) is 5.01 Å². The van der Waals surface area contributed by atoms with Gasteiger partial charge in [-0.05, 0) is 93.9 Å². The molecule has 3 aromatic carbocycles. The predicted octanol–water partition coefficient (Wildman–Crippen LogP) is 6.35. The van der Waals surface area contributed by atoms with Gasteiger partial charge in [0.1, 0.15) is 12.4 Å². The highest BCUT2D eigenvalue weighted by Gasteiger charge is 2.34. The molecule has 1 N–H and O–H groups in total. The Bertz CT molecular complexity index is 1380. The number of ether oxygens (including phenoxy) is 3. The molecule has 2 amide bonds. The number of methoxy groups -OCH3 is 2. The van der Waals surface area contributed by atoms with Crippen molar-refractivity contribution in [2.75, 3.05) is 14.2 Å². The molecule has 1 heterocycles. The molecule has 190 valence electrons. The van der Waals surface area contributed by atoms with Crippen molar-refractivity contribution in [3.63, 3.8) is 0 Å². The molecule has 0 unspecified atom stereocenters. The van der Waals surface area contributed by atoms with Gasteiger partial charge in [-0.3, -0.25) is 15.0 Å². The molecular weight excluding hydrogens is 644 g/mol. The Morgan fingerprint density at radius 2 is 1.76 bits per heavy atom. The molecule has 0 aliphatic carbocycles. The number of amides is 2. The van der Waals surface area contributed by atoms with E-state index >= 15 is 0 Å². The van der Waals surface area contributed by atoms with Crippen molar-refractivity contribution in [2.24, 2.45) is 0 Å². The maximum Gasteiger partial charge on any atom is 0.285 e. The predicted molar refractivity (Wildman–Crippen MR) is 155 cm³/mol. The van der Waals surface area contributed by atoms with Crippen LogP contribution in [0.5, 0.6) is 17.2 Å². The molecule has 37 heavy (non-hydrogen) atoms. The summed E-state index contributed by atoms with van der Waals surface area (Å²) in [6.07, 6.45) is 1.69. The number of carbonyl (C=O) groups is 2. The maximum atomic E-state index is 13.0. The van der Waals surface area contributed by atoms with Crippen LogP contribution in [0.15, 0.2) is 74.5 Å². The lowest BCUT2D eigenvalue weighted by Gasteiger charge is -2.15. The third kappa shape index (κ3) is 6.53. The van der Waals surface area contributed by atoms with E-state index in [0.717, 1.165) is 26.8 Å². The Morgan fingerprint density at radius 3 is 2.41 bits per heavy atom. The van der Waals surface area contributed by atoms with E-state index in [9.17, 15) is 9.59 Å². The fourth-order valence-corrected chi connectivity index (χ4v) is 5.34. The van der Waals surface area contributed by atoms with Gasteiger partial charge in [0.15, 0.2) is 15.8 Å². The Morgan fingerprint density at radius 1 is 1.05 bits per heavy atom. The van der Waals surface area contributed by atoms with E-state index in [-0.39, 0.29) is 4.32 Å². The molecule has 0 saturated carbocycles. The first-order valence-corrected chi connectivity index (χ1v) is 13.6. The first-order valence-electron chi connectivity index (χ1n) is 10.8. The Labute approximate surface area is 240 Å². The van der Waals surface area contributed by atoms with Crippen LogP contribution in [-0.2, 0) is 11.4 Å². The average molecular weight is 664 g/mol. The van der Waals surface area contributed by atoms with Gasteiger partial charge in [-0.25, -0.2) is 0 Å². The molecule has 1 aliphatic heterocycles. The summed E-state index contributed by atoms with van der Waals surface area (Å²) in [5.74, 6) is 0.777. The minimum absolute atomic E-state index is 0.221. The number of thioether (sulfide) groups is 1. The van der Waals surface area contributed by atoms with Crippen molar-refractivity contribution in [1.82, 2.24) is 10.4 Å². The zero-order chi connectivity index (χ0) is 26.5. The second-order valence-corrected chi connectivity index (χ2v) is 11.1. The number of rotatable bonds is 8. The summed E-state index contributed by atoms with van der Waals surface area (Å²) in [6, 6.07) is 18.0. The molecule has 4 rings (SSSR count). The van der Waals surface area contributed by atoms with Gasteiger partial charge in [-0.15, -0.1) is 0 Å². The van der Waals surface area contributed by atoms with Gasteiger partial charge >= 0.3 is 0 Å². The number of hydrogen-bond donors (Lipinski definition) is 1. The van der Waals surface area contributed by atoms with Gasteiger partial charge in [0, 0.05) is 10.0 Å². The number of halogens is 2. The minimum Gasteiger partial charge on any atom is -0.497 e. The van der Waals surface area contributed by atoms with Crippen LogP contribution in [0.4, 0.5) is 0 Å². The first-order chi connectivity index (χ1) is 17.8. The number of benzene rings is 3. The van der Waals surface area contributed by atoms with Crippen LogP contribution in [0.2, 0.25) is 0 Å². The Kier molecular flexibility index (Phi) is 8.91. The van der Waals surface area contributed by atoms with Crippen LogP contribution < -0.4 is 19.6 Å². The van der Waals surface area contributed by atoms with Crippen LogP contribution >= 0.6 is 55.8 Å². The molecule has 3 aromatic rings. The van der Waals surface area contributed by atoms with Gasteiger partial charge in [-0.1, -0.05) is 39.8 Å². The monoisotopic (exact) mass is 662 g/mol. The lowest BCUT2D eigenvalue weighted by molar-refractivity contribution is -0.123. The Hall–Kier alpha value is -2.86. The van der Waals surface area contributed by atoms with Crippen LogP contribution in [0.1, 0.15) is 21.5 Å². The highest BCUT2D eigenvalue weighted by Crippen LogP contribution is 2.39. The van der Waals surface area contributed by atoms with E-state index in [1.165, 1.54) is 0 Å². The Balaban J connectivity index is 1.49. The van der Waals surface area contributed by atoms with Crippen LogP contribution in [0.3, 0.4) is 0 Å². The third-order valence-electron chi connectivity index (χ3n) is 5.21. The molecule has 7 nitrogen and oxygen atoms in total. The molecule has 1 aliphatic rings. The summed E-state index contributed by atoms with van der Waals surface area (Å²) < 4.78 is 18.5. The highest BCUT2D eigenvalue weighted by atomic mass is 79.9. The number of nitrogens with one attached hydrogen (secondary N) is 1. The van der Waals surface area contributed by atoms with Crippen molar-refractivity contribution in [3.05, 3.63) is 91.2 Å². The fourth-order valence-electron chi connectivity index (χ4n) is 3.32. The molecule has 1 saturated heterocycles. The SMILES string of the molecule is COc1ccc(C(=O)NN2C(=O)/C(=C\c3cc(Br)c(OCc4ccc(Br)cc4)c(OC)c3)SC2=S)cc1. The average Bonchev–Trinajstić information content (AvgIpc) is 3.15. The zero-order valence-corrected chi connectivity index (χ0v) is 24.4. The van der Waals surface area contributed by atoms with Crippen molar-refractivity contribution < 1.29 is 23.8 Å². The molecular formula is C26H20Br2N2O5S2. The largest absolute Gasteiger partial charge is 0.497 e. The van der Waals surface area contributed by atoms with Gasteiger partial charge < -0.3 is 14.2 Å². The number of hydrazine groups is 1. The maximum absolute atomic E-state index is 13.0.